The van der Waals surface area contributed by atoms with Gasteiger partial charge in [0.1, 0.15) is 0 Å². The maximum atomic E-state index is 3.65. The maximum absolute atomic E-state index is 3.65. The summed E-state index contributed by atoms with van der Waals surface area (Å²) in [4.78, 5) is 0. The lowest BCUT2D eigenvalue weighted by atomic mass is 10.0. The van der Waals surface area contributed by atoms with E-state index in [1.165, 1.54) is 47.0 Å². The Hall–Kier alpha value is 0.01000. The molecule has 0 bridgehead atoms. The van der Waals surface area contributed by atoms with Gasteiger partial charge in [-0.2, -0.15) is 0 Å². The Labute approximate surface area is 128 Å². The van der Waals surface area contributed by atoms with E-state index in [9.17, 15) is 0 Å². The smallest absolute Gasteiger partial charge is 0.0357 e. The second kappa shape index (κ2) is 10.9. The summed E-state index contributed by atoms with van der Waals surface area (Å²) in [5, 5.41) is 3.65. The van der Waals surface area contributed by atoms with Gasteiger partial charge in [-0.1, -0.05) is 45.3 Å². The first-order chi connectivity index (χ1) is 8.54. The summed E-state index contributed by atoms with van der Waals surface area (Å²) in [5.41, 5.74) is 2.97. The first-order valence-corrected chi connectivity index (χ1v) is 8.36. The molecule has 0 amide bonds. The van der Waals surface area contributed by atoms with Gasteiger partial charge in [0.2, 0.25) is 0 Å². The first-order valence-electron chi connectivity index (χ1n) is 7.28. The average Bonchev–Trinajstić information content (AvgIpc) is 2.36. The molecule has 0 aliphatic heterocycles. The molecule has 0 aromatic rings. The van der Waals surface area contributed by atoms with Crippen molar-refractivity contribution in [1.29, 1.82) is 0 Å². The highest BCUT2D eigenvalue weighted by Gasteiger charge is 2.07. The molecule has 1 nitrogen and oxygen atoms in total. The van der Waals surface area contributed by atoms with Gasteiger partial charge in [-0.3, -0.25) is 0 Å². The molecule has 0 aliphatic rings. The molecule has 1 unspecified atom stereocenters. The number of halogens is 1. The van der Waals surface area contributed by atoms with E-state index in [0.717, 1.165) is 12.5 Å². The minimum absolute atomic E-state index is 0.766. The van der Waals surface area contributed by atoms with Gasteiger partial charge in [0.25, 0.3) is 0 Å². The number of nitrogens with one attached hydrogen (secondary N) is 1. The summed E-state index contributed by atoms with van der Waals surface area (Å²) < 4.78 is 1.40. The molecular weight excluding hydrogens is 333 g/mol. The van der Waals surface area contributed by atoms with Crippen molar-refractivity contribution in [2.75, 3.05) is 6.54 Å². The van der Waals surface area contributed by atoms with Gasteiger partial charge in [-0.15, -0.1) is 0 Å². The molecule has 0 rings (SSSR count). The highest BCUT2D eigenvalue weighted by molar-refractivity contribution is 14.1. The molecular formula is C16H30IN. The van der Waals surface area contributed by atoms with Crippen molar-refractivity contribution < 1.29 is 0 Å². The molecule has 0 aliphatic carbocycles. The van der Waals surface area contributed by atoms with E-state index in [1.54, 1.807) is 0 Å². The third-order valence-corrected chi connectivity index (χ3v) is 4.10. The summed E-state index contributed by atoms with van der Waals surface area (Å²) in [6.45, 7) is 12.2. The van der Waals surface area contributed by atoms with Gasteiger partial charge >= 0.3 is 0 Å². The fourth-order valence-corrected chi connectivity index (χ4v) is 2.20. The third kappa shape index (κ3) is 8.17. The van der Waals surface area contributed by atoms with Gasteiger partial charge in [0, 0.05) is 15.8 Å². The number of hydrogen-bond acceptors (Lipinski definition) is 1. The van der Waals surface area contributed by atoms with Gasteiger partial charge in [-0.05, 0) is 61.6 Å². The topological polar surface area (TPSA) is 12.0 Å². The lowest BCUT2D eigenvalue weighted by molar-refractivity contribution is 0.536. The van der Waals surface area contributed by atoms with Crippen LogP contribution in [0.15, 0.2) is 20.9 Å². The van der Waals surface area contributed by atoms with Crippen molar-refractivity contribution in [3.05, 3.63) is 20.9 Å². The van der Waals surface area contributed by atoms with Crippen molar-refractivity contribution in [2.45, 2.75) is 66.7 Å². The van der Waals surface area contributed by atoms with Crippen LogP contribution in [0.4, 0.5) is 0 Å². The number of allylic oxidation sites excluding steroid dienone is 3. The van der Waals surface area contributed by atoms with Crippen molar-refractivity contribution in [2.24, 2.45) is 5.92 Å². The zero-order valence-electron chi connectivity index (χ0n) is 12.8. The van der Waals surface area contributed by atoms with E-state index >= 15 is 0 Å². The Morgan fingerprint density at radius 3 is 2.44 bits per heavy atom. The predicted octanol–water partition coefficient (Wildman–Crippen LogP) is 5.82. The van der Waals surface area contributed by atoms with Crippen LogP contribution in [-0.4, -0.2) is 6.54 Å². The summed E-state index contributed by atoms with van der Waals surface area (Å²) >= 11 is 2.44. The minimum atomic E-state index is 0.766. The number of hydrogen-bond donors (Lipinski definition) is 1. The van der Waals surface area contributed by atoms with Gasteiger partial charge in [0.15, 0.2) is 0 Å². The Kier molecular flexibility index (Phi) is 10.9. The average molecular weight is 363 g/mol. The van der Waals surface area contributed by atoms with E-state index in [-0.39, 0.29) is 0 Å². The molecule has 0 aromatic carbocycles. The molecule has 0 radical (unpaired) electrons. The lowest BCUT2D eigenvalue weighted by Crippen LogP contribution is -2.19. The van der Waals surface area contributed by atoms with Crippen LogP contribution in [0, 0.1) is 5.92 Å². The van der Waals surface area contributed by atoms with Crippen LogP contribution in [0.2, 0.25) is 0 Å². The second-order valence-electron chi connectivity index (χ2n) is 5.13. The second-order valence-corrected chi connectivity index (χ2v) is 6.75. The number of unbranched alkanes of at least 4 members (excludes halogenated alkanes) is 1. The summed E-state index contributed by atoms with van der Waals surface area (Å²) in [7, 11) is 0. The van der Waals surface area contributed by atoms with Gasteiger partial charge in [0.05, 0.1) is 0 Å². The van der Waals surface area contributed by atoms with Crippen LogP contribution < -0.4 is 5.32 Å². The molecule has 0 saturated heterocycles. The summed E-state index contributed by atoms with van der Waals surface area (Å²) in [6.07, 6.45) is 8.51. The van der Waals surface area contributed by atoms with Gasteiger partial charge < -0.3 is 5.32 Å². The lowest BCUT2D eigenvalue weighted by Gasteiger charge is -2.17. The molecule has 0 fully saturated rings. The monoisotopic (exact) mass is 363 g/mol. The van der Waals surface area contributed by atoms with Crippen molar-refractivity contribution >= 4 is 22.6 Å². The molecule has 18 heavy (non-hydrogen) atoms. The van der Waals surface area contributed by atoms with E-state index in [4.69, 9.17) is 0 Å². The van der Waals surface area contributed by atoms with Crippen LogP contribution in [-0.2, 0) is 0 Å². The SMILES string of the molecule is C/C=C(\CCCC)CN/C(CC(C)CC)=C(/C)I. The van der Waals surface area contributed by atoms with E-state index in [1.807, 2.05) is 0 Å². The molecule has 1 N–H and O–H groups in total. The Morgan fingerprint density at radius 1 is 1.33 bits per heavy atom. The standard InChI is InChI=1S/C16H30IN/c1-6-9-10-15(8-3)12-18-16(14(5)17)11-13(4)7-2/h8,13,18H,6-7,9-12H2,1-5H3/b15-8+,16-14-. The molecule has 2 heteroatoms. The van der Waals surface area contributed by atoms with E-state index in [0.29, 0.717) is 0 Å². The summed E-state index contributed by atoms with van der Waals surface area (Å²) in [6, 6.07) is 0. The van der Waals surface area contributed by atoms with Gasteiger partial charge in [-0.25, -0.2) is 0 Å². The predicted molar refractivity (Wildman–Crippen MR) is 92.1 cm³/mol. The first kappa shape index (κ1) is 18.0. The normalized spacial score (nSPS) is 15.3. The zero-order chi connectivity index (χ0) is 14.0. The molecule has 1 atom stereocenters. The molecule has 106 valence electrons. The molecule has 0 spiro atoms. The quantitative estimate of drug-likeness (QED) is 0.402. The summed E-state index contributed by atoms with van der Waals surface area (Å²) in [5.74, 6) is 0.766. The number of rotatable bonds is 9. The van der Waals surface area contributed by atoms with Crippen LogP contribution in [0.1, 0.15) is 66.7 Å². The van der Waals surface area contributed by atoms with E-state index in [2.05, 4.69) is 68.6 Å². The Balaban J connectivity index is 4.31. The molecule has 0 heterocycles. The third-order valence-electron chi connectivity index (χ3n) is 3.45. The highest BCUT2D eigenvalue weighted by Crippen LogP contribution is 2.20. The Bertz CT molecular complexity index is 275. The van der Waals surface area contributed by atoms with Crippen molar-refractivity contribution in [3.8, 4) is 0 Å². The van der Waals surface area contributed by atoms with Crippen LogP contribution in [0.3, 0.4) is 0 Å². The largest absolute Gasteiger partial charge is 0.384 e. The zero-order valence-corrected chi connectivity index (χ0v) is 14.9. The maximum Gasteiger partial charge on any atom is 0.0357 e. The fraction of sp³-hybridized carbons (Fsp3) is 0.750. The van der Waals surface area contributed by atoms with Crippen LogP contribution in [0.25, 0.3) is 0 Å². The molecule has 0 aromatic heterocycles. The van der Waals surface area contributed by atoms with Crippen molar-refractivity contribution in [3.63, 3.8) is 0 Å². The van der Waals surface area contributed by atoms with Crippen LogP contribution >= 0.6 is 22.6 Å². The Morgan fingerprint density at radius 2 is 2.00 bits per heavy atom. The van der Waals surface area contributed by atoms with Crippen molar-refractivity contribution in [1.82, 2.24) is 5.32 Å². The molecule has 0 saturated carbocycles. The minimum Gasteiger partial charge on any atom is -0.384 e. The highest BCUT2D eigenvalue weighted by atomic mass is 127. The van der Waals surface area contributed by atoms with E-state index < -0.39 is 0 Å². The fourth-order valence-electron chi connectivity index (χ4n) is 1.79. The van der Waals surface area contributed by atoms with Crippen LogP contribution in [0.5, 0.6) is 0 Å².